The van der Waals surface area contributed by atoms with Crippen LogP contribution in [0.15, 0.2) is 0 Å². The third kappa shape index (κ3) is 6.69. The van der Waals surface area contributed by atoms with Crippen LogP contribution in [-0.4, -0.2) is 50.3 Å². The average Bonchev–Trinajstić information content (AvgIpc) is 2.17. The molecule has 1 fully saturated rings. The van der Waals surface area contributed by atoms with Gasteiger partial charge in [-0.05, 0) is 12.3 Å². The van der Waals surface area contributed by atoms with E-state index in [1.807, 2.05) is 0 Å². The van der Waals surface area contributed by atoms with Crippen molar-refractivity contribution in [2.75, 3.05) is 39.4 Å². The summed E-state index contributed by atoms with van der Waals surface area (Å²) >= 11 is 0. The van der Waals surface area contributed by atoms with Gasteiger partial charge in [-0.1, -0.05) is 20.8 Å². The molecule has 0 aliphatic carbocycles. The summed E-state index contributed by atoms with van der Waals surface area (Å²) < 4.78 is 5.35. The van der Waals surface area contributed by atoms with Crippen molar-refractivity contribution in [3.63, 3.8) is 0 Å². The zero-order valence-electron chi connectivity index (χ0n) is 11.1. The standard InChI is InChI=1S/C12H26N2O.ClH/c1-11(9-13-10-12(2,3)4)14-5-7-15-8-6-14;/h11,13H,5-10H2,1-4H3;1H. The molecule has 1 rings (SSSR count). The lowest BCUT2D eigenvalue weighted by atomic mass is 9.97. The largest absolute Gasteiger partial charge is 0.379 e. The van der Waals surface area contributed by atoms with Crippen LogP contribution in [-0.2, 0) is 4.74 Å². The Morgan fingerprint density at radius 3 is 2.31 bits per heavy atom. The van der Waals surface area contributed by atoms with Gasteiger partial charge in [0.05, 0.1) is 13.2 Å². The van der Waals surface area contributed by atoms with Gasteiger partial charge in [-0.25, -0.2) is 0 Å². The molecule has 1 saturated heterocycles. The van der Waals surface area contributed by atoms with Crippen molar-refractivity contribution >= 4 is 12.4 Å². The van der Waals surface area contributed by atoms with Crippen LogP contribution in [0.2, 0.25) is 0 Å². The quantitative estimate of drug-likeness (QED) is 0.823. The van der Waals surface area contributed by atoms with Gasteiger partial charge in [-0.15, -0.1) is 12.4 Å². The van der Waals surface area contributed by atoms with Crippen LogP contribution in [0.5, 0.6) is 0 Å². The molecule has 0 aromatic heterocycles. The molecule has 0 amide bonds. The predicted octanol–water partition coefficient (Wildman–Crippen LogP) is 1.76. The van der Waals surface area contributed by atoms with E-state index in [2.05, 4.69) is 37.9 Å². The normalized spacial score (nSPS) is 20.2. The van der Waals surface area contributed by atoms with Crippen LogP contribution in [0, 0.1) is 5.41 Å². The molecule has 4 heteroatoms. The summed E-state index contributed by atoms with van der Waals surface area (Å²) in [7, 11) is 0. The molecule has 1 aliphatic rings. The fraction of sp³-hybridized carbons (Fsp3) is 1.00. The van der Waals surface area contributed by atoms with Crippen LogP contribution >= 0.6 is 12.4 Å². The monoisotopic (exact) mass is 250 g/mol. The van der Waals surface area contributed by atoms with E-state index in [4.69, 9.17) is 4.74 Å². The highest BCUT2D eigenvalue weighted by Gasteiger charge is 2.17. The minimum atomic E-state index is 0. The van der Waals surface area contributed by atoms with E-state index >= 15 is 0 Å². The van der Waals surface area contributed by atoms with Gasteiger partial charge in [0.15, 0.2) is 0 Å². The molecule has 1 heterocycles. The molecule has 1 aliphatic heterocycles. The van der Waals surface area contributed by atoms with E-state index in [0.717, 1.165) is 39.4 Å². The Balaban J connectivity index is 0.00000225. The number of ether oxygens (including phenoxy) is 1. The third-order valence-corrected chi connectivity index (χ3v) is 2.76. The third-order valence-electron chi connectivity index (χ3n) is 2.76. The number of hydrogen-bond donors (Lipinski definition) is 1. The summed E-state index contributed by atoms with van der Waals surface area (Å²) in [5.74, 6) is 0. The van der Waals surface area contributed by atoms with Crippen molar-refractivity contribution in [2.45, 2.75) is 33.7 Å². The fourth-order valence-electron chi connectivity index (χ4n) is 1.80. The Morgan fingerprint density at radius 2 is 1.81 bits per heavy atom. The van der Waals surface area contributed by atoms with Crippen LogP contribution in [0.25, 0.3) is 0 Å². The van der Waals surface area contributed by atoms with E-state index in [1.165, 1.54) is 0 Å². The van der Waals surface area contributed by atoms with Crippen LogP contribution in [0.3, 0.4) is 0 Å². The van der Waals surface area contributed by atoms with E-state index in [9.17, 15) is 0 Å². The molecule has 1 unspecified atom stereocenters. The second-order valence-electron chi connectivity index (χ2n) is 5.69. The maximum absolute atomic E-state index is 5.35. The molecule has 0 saturated carbocycles. The molecule has 0 aromatic carbocycles. The summed E-state index contributed by atoms with van der Waals surface area (Å²) in [6.45, 7) is 15.2. The minimum absolute atomic E-state index is 0. The Kier molecular flexibility index (Phi) is 7.57. The molecule has 0 bridgehead atoms. The van der Waals surface area contributed by atoms with Crippen molar-refractivity contribution in [2.24, 2.45) is 5.41 Å². The first-order valence-electron chi connectivity index (χ1n) is 6.01. The molecule has 16 heavy (non-hydrogen) atoms. The van der Waals surface area contributed by atoms with Gasteiger partial charge < -0.3 is 10.1 Å². The summed E-state index contributed by atoms with van der Waals surface area (Å²) in [4.78, 5) is 2.50. The van der Waals surface area contributed by atoms with Gasteiger partial charge in [-0.3, -0.25) is 4.90 Å². The number of halogens is 1. The summed E-state index contributed by atoms with van der Waals surface area (Å²) in [5, 5.41) is 3.54. The molecule has 3 nitrogen and oxygen atoms in total. The Morgan fingerprint density at radius 1 is 1.25 bits per heavy atom. The van der Waals surface area contributed by atoms with Crippen LogP contribution in [0.1, 0.15) is 27.7 Å². The molecular weight excluding hydrogens is 224 g/mol. The second kappa shape index (κ2) is 7.49. The summed E-state index contributed by atoms with van der Waals surface area (Å²) in [6.07, 6.45) is 0. The van der Waals surface area contributed by atoms with Gasteiger partial charge in [-0.2, -0.15) is 0 Å². The molecular formula is C12H27ClN2O. The Labute approximate surface area is 106 Å². The maximum Gasteiger partial charge on any atom is 0.0594 e. The smallest absolute Gasteiger partial charge is 0.0594 e. The Bertz CT molecular complexity index is 176. The van der Waals surface area contributed by atoms with E-state index in [0.29, 0.717) is 11.5 Å². The highest BCUT2D eigenvalue weighted by atomic mass is 35.5. The SMILES string of the molecule is CC(CNCC(C)(C)C)N1CCOCC1.Cl. The number of morpholine rings is 1. The molecule has 0 spiro atoms. The predicted molar refractivity (Wildman–Crippen MR) is 71.4 cm³/mol. The number of hydrogen-bond acceptors (Lipinski definition) is 3. The van der Waals surface area contributed by atoms with Gasteiger partial charge in [0, 0.05) is 32.2 Å². The lowest BCUT2D eigenvalue weighted by molar-refractivity contribution is 0.0201. The van der Waals surface area contributed by atoms with Crippen LogP contribution < -0.4 is 5.32 Å². The van der Waals surface area contributed by atoms with Crippen molar-refractivity contribution in [3.8, 4) is 0 Å². The lowest BCUT2D eigenvalue weighted by Crippen LogP contribution is -2.47. The van der Waals surface area contributed by atoms with E-state index in [-0.39, 0.29) is 12.4 Å². The van der Waals surface area contributed by atoms with Crippen molar-refractivity contribution in [3.05, 3.63) is 0 Å². The molecule has 0 radical (unpaired) electrons. The first kappa shape index (κ1) is 16.2. The number of rotatable bonds is 4. The lowest BCUT2D eigenvalue weighted by Gasteiger charge is -2.33. The van der Waals surface area contributed by atoms with E-state index < -0.39 is 0 Å². The van der Waals surface area contributed by atoms with Crippen LogP contribution in [0.4, 0.5) is 0 Å². The van der Waals surface area contributed by atoms with Crippen molar-refractivity contribution < 1.29 is 4.74 Å². The Hall–Kier alpha value is 0.170. The molecule has 98 valence electrons. The fourth-order valence-corrected chi connectivity index (χ4v) is 1.80. The minimum Gasteiger partial charge on any atom is -0.379 e. The average molecular weight is 251 g/mol. The maximum atomic E-state index is 5.35. The zero-order valence-corrected chi connectivity index (χ0v) is 11.9. The van der Waals surface area contributed by atoms with Gasteiger partial charge in [0.25, 0.3) is 0 Å². The zero-order chi connectivity index (χ0) is 11.3. The van der Waals surface area contributed by atoms with Gasteiger partial charge in [0.2, 0.25) is 0 Å². The first-order valence-corrected chi connectivity index (χ1v) is 6.01. The topological polar surface area (TPSA) is 24.5 Å². The van der Waals surface area contributed by atoms with Gasteiger partial charge in [0.1, 0.15) is 0 Å². The highest BCUT2D eigenvalue weighted by Crippen LogP contribution is 2.10. The van der Waals surface area contributed by atoms with Crippen molar-refractivity contribution in [1.82, 2.24) is 10.2 Å². The molecule has 1 atom stereocenters. The molecule has 1 N–H and O–H groups in total. The number of nitrogens with zero attached hydrogens (tertiary/aromatic N) is 1. The van der Waals surface area contributed by atoms with Gasteiger partial charge >= 0.3 is 0 Å². The first-order chi connectivity index (χ1) is 6.99. The summed E-state index contributed by atoms with van der Waals surface area (Å²) in [6, 6.07) is 0.622. The molecule has 0 aromatic rings. The number of nitrogens with one attached hydrogen (secondary N) is 1. The second-order valence-corrected chi connectivity index (χ2v) is 5.69. The highest BCUT2D eigenvalue weighted by molar-refractivity contribution is 5.85. The summed E-state index contributed by atoms with van der Waals surface area (Å²) in [5.41, 5.74) is 0.380. The van der Waals surface area contributed by atoms with Crippen molar-refractivity contribution in [1.29, 1.82) is 0 Å². The van der Waals surface area contributed by atoms with E-state index in [1.54, 1.807) is 0 Å².